The molecule has 0 fully saturated rings. The van der Waals surface area contributed by atoms with Gasteiger partial charge in [-0.3, -0.25) is 4.79 Å². The van der Waals surface area contributed by atoms with E-state index in [1.54, 1.807) is 19.2 Å². The van der Waals surface area contributed by atoms with Crippen LogP contribution in [0.3, 0.4) is 0 Å². The van der Waals surface area contributed by atoms with Crippen molar-refractivity contribution >= 4 is 44.5 Å². The van der Waals surface area contributed by atoms with Crippen LogP contribution in [0.25, 0.3) is 5.57 Å². The number of halogens is 1. The second-order valence-corrected chi connectivity index (χ2v) is 6.09. The molecule has 5 nitrogen and oxygen atoms in total. The van der Waals surface area contributed by atoms with Crippen molar-refractivity contribution in [2.45, 2.75) is 6.92 Å². The summed E-state index contributed by atoms with van der Waals surface area (Å²) in [7, 11) is 1.61. The summed E-state index contributed by atoms with van der Waals surface area (Å²) in [4.78, 5) is 12.3. The van der Waals surface area contributed by atoms with Crippen LogP contribution in [0.1, 0.15) is 12.5 Å². The third-order valence-electron chi connectivity index (χ3n) is 3.65. The molecule has 1 aliphatic rings. The monoisotopic (exact) mass is 373 g/mol. The van der Waals surface area contributed by atoms with Crippen LogP contribution < -0.4 is 21.1 Å². The predicted molar refractivity (Wildman–Crippen MR) is 96.4 cm³/mol. The number of allylic oxidation sites excluding steroid dienone is 1. The molecule has 0 aliphatic carbocycles. The maximum absolute atomic E-state index is 12.3. The summed E-state index contributed by atoms with van der Waals surface area (Å²) in [5.41, 5.74) is 10.2. The smallest absolute Gasteiger partial charge is 0.258 e. The Balaban J connectivity index is 1.99. The van der Waals surface area contributed by atoms with Crippen LogP contribution >= 0.6 is 15.9 Å². The Bertz CT molecular complexity index is 831. The summed E-state index contributed by atoms with van der Waals surface area (Å²) in [5.74, 6) is 0.577. The van der Waals surface area contributed by atoms with Crippen LogP contribution in [0, 0.1) is 0 Å². The second kappa shape index (κ2) is 5.96. The van der Waals surface area contributed by atoms with Gasteiger partial charge in [0, 0.05) is 34.4 Å². The Hall–Kier alpha value is -2.47. The predicted octanol–water partition coefficient (Wildman–Crippen LogP) is 3.84. The molecule has 4 N–H and O–H groups in total. The van der Waals surface area contributed by atoms with E-state index in [9.17, 15) is 4.79 Å². The first kappa shape index (κ1) is 15.4. The van der Waals surface area contributed by atoms with Gasteiger partial charge < -0.3 is 21.1 Å². The normalized spacial score (nSPS) is 15.0. The zero-order chi connectivity index (χ0) is 16.6. The highest BCUT2D eigenvalue weighted by Gasteiger charge is 2.26. The fourth-order valence-corrected chi connectivity index (χ4v) is 2.98. The Morgan fingerprint density at radius 1 is 1.26 bits per heavy atom. The average Bonchev–Trinajstić information content (AvgIpc) is 2.84. The van der Waals surface area contributed by atoms with Crippen LogP contribution in [0.5, 0.6) is 5.75 Å². The van der Waals surface area contributed by atoms with Gasteiger partial charge in [0.05, 0.1) is 17.2 Å². The van der Waals surface area contributed by atoms with Crippen LogP contribution in [0.2, 0.25) is 0 Å². The lowest BCUT2D eigenvalue weighted by Crippen LogP contribution is -2.08. The van der Waals surface area contributed by atoms with Crippen LogP contribution in [-0.2, 0) is 4.79 Å². The molecule has 118 valence electrons. The molecule has 23 heavy (non-hydrogen) atoms. The van der Waals surface area contributed by atoms with Gasteiger partial charge in [0.1, 0.15) is 5.75 Å². The van der Waals surface area contributed by atoms with E-state index in [2.05, 4.69) is 26.6 Å². The highest BCUT2D eigenvalue weighted by atomic mass is 79.9. The molecule has 6 heteroatoms. The number of carbonyl (C=O) groups is 1. The molecule has 1 amide bonds. The Labute approximate surface area is 142 Å². The molecule has 3 rings (SSSR count). The van der Waals surface area contributed by atoms with E-state index >= 15 is 0 Å². The molecule has 0 bridgehead atoms. The first-order valence-electron chi connectivity index (χ1n) is 7.02. The Morgan fingerprint density at radius 2 is 2.04 bits per heavy atom. The molecule has 0 saturated carbocycles. The van der Waals surface area contributed by atoms with Gasteiger partial charge in [-0.1, -0.05) is 0 Å². The molecular weight excluding hydrogens is 358 g/mol. The number of methoxy groups -OCH3 is 1. The van der Waals surface area contributed by atoms with Crippen molar-refractivity contribution in [3.8, 4) is 5.75 Å². The van der Waals surface area contributed by atoms with Crippen molar-refractivity contribution in [3.63, 3.8) is 0 Å². The van der Waals surface area contributed by atoms with Gasteiger partial charge >= 0.3 is 0 Å². The lowest BCUT2D eigenvalue weighted by atomic mass is 10.0. The molecule has 0 saturated heterocycles. The number of nitrogens with one attached hydrogen (secondary N) is 2. The molecule has 0 atom stereocenters. The summed E-state index contributed by atoms with van der Waals surface area (Å²) >= 11 is 3.42. The summed E-state index contributed by atoms with van der Waals surface area (Å²) < 4.78 is 6.16. The second-order valence-electron chi connectivity index (χ2n) is 5.23. The summed E-state index contributed by atoms with van der Waals surface area (Å²) in [6, 6.07) is 11.0. The van der Waals surface area contributed by atoms with E-state index in [4.69, 9.17) is 10.5 Å². The van der Waals surface area contributed by atoms with Gasteiger partial charge in [-0.25, -0.2) is 0 Å². The van der Waals surface area contributed by atoms with E-state index in [0.29, 0.717) is 17.0 Å². The van der Waals surface area contributed by atoms with Crippen molar-refractivity contribution in [1.82, 2.24) is 0 Å². The summed E-state index contributed by atoms with van der Waals surface area (Å²) in [6.45, 7) is 1.86. The van der Waals surface area contributed by atoms with Crippen LogP contribution in [0.15, 0.2) is 46.6 Å². The third kappa shape index (κ3) is 2.90. The molecule has 1 heterocycles. The SMILES string of the molecule is COc1cc(N/C(C)=C2\C(=O)Nc3ccc(N)cc32)ccc1Br. The molecule has 0 radical (unpaired) electrons. The lowest BCUT2D eigenvalue weighted by molar-refractivity contribution is -0.110. The first-order valence-corrected chi connectivity index (χ1v) is 7.81. The fourth-order valence-electron chi connectivity index (χ4n) is 2.57. The van der Waals surface area contributed by atoms with E-state index < -0.39 is 0 Å². The quantitative estimate of drug-likeness (QED) is 0.564. The number of anilines is 3. The topological polar surface area (TPSA) is 76.4 Å². The molecule has 0 aromatic heterocycles. The first-order chi connectivity index (χ1) is 11.0. The number of hydrogen-bond acceptors (Lipinski definition) is 4. The Kier molecular flexibility index (Phi) is 4.00. The largest absolute Gasteiger partial charge is 0.495 e. The van der Waals surface area contributed by atoms with Crippen molar-refractivity contribution in [2.75, 3.05) is 23.5 Å². The van der Waals surface area contributed by atoms with E-state index in [0.717, 1.165) is 27.1 Å². The fraction of sp³-hybridized carbons (Fsp3) is 0.118. The maximum Gasteiger partial charge on any atom is 0.258 e. The van der Waals surface area contributed by atoms with Crippen molar-refractivity contribution in [3.05, 3.63) is 52.1 Å². The third-order valence-corrected chi connectivity index (χ3v) is 4.30. The summed E-state index contributed by atoms with van der Waals surface area (Å²) in [5, 5.41) is 6.10. The van der Waals surface area contributed by atoms with E-state index in [-0.39, 0.29) is 5.91 Å². The molecule has 1 aliphatic heterocycles. The van der Waals surface area contributed by atoms with E-state index in [1.165, 1.54) is 0 Å². The standard InChI is InChI=1S/C17H16BrN3O2/c1-9(20-11-4-5-13(18)15(8-11)23-2)16-12-7-10(19)3-6-14(12)21-17(16)22/h3-8,20H,19H2,1-2H3,(H,21,22)/b16-9-. The van der Waals surface area contributed by atoms with Gasteiger partial charge in [0.25, 0.3) is 5.91 Å². The number of carbonyl (C=O) groups excluding carboxylic acids is 1. The van der Waals surface area contributed by atoms with E-state index in [1.807, 2.05) is 31.2 Å². The average molecular weight is 374 g/mol. The minimum absolute atomic E-state index is 0.139. The Morgan fingerprint density at radius 3 is 2.78 bits per heavy atom. The number of nitrogen functional groups attached to an aromatic ring is 1. The van der Waals surface area contributed by atoms with Crippen LogP contribution in [0.4, 0.5) is 17.1 Å². The number of rotatable bonds is 3. The molecular formula is C17H16BrN3O2. The lowest BCUT2D eigenvalue weighted by Gasteiger charge is -2.12. The zero-order valence-corrected chi connectivity index (χ0v) is 14.3. The van der Waals surface area contributed by atoms with Gasteiger partial charge in [0.15, 0.2) is 0 Å². The number of benzene rings is 2. The highest BCUT2D eigenvalue weighted by Crippen LogP contribution is 2.36. The molecule has 2 aromatic rings. The van der Waals surface area contributed by atoms with Crippen LogP contribution in [-0.4, -0.2) is 13.0 Å². The minimum atomic E-state index is -0.139. The van der Waals surface area contributed by atoms with Crippen molar-refractivity contribution in [2.24, 2.45) is 0 Å². The maximum atomic E-state index is 12.3. The van der Waals surface area contributed by atoms with Gasteiger partial charge in [-0.15, -0.1) is 0 Å². The number of hydrogen-bond donors (Lipinski definition) is 3. The number of amides is 1. The van der Waals surface area contributed by atoms with Gasteiger partial charge in [-0.2, -0.15) is 0 Å². The number of fused-ring (bicyclic) bond motifs is 1. The van der Waals surface area contributed by atoms with Crippen molar-refractivity contribution in [1.29, 1.82) is 0 Å². The molecule has 0 spiro atoms. The number of ether oxygens (including phenoxy) is 1. The van der Waals surface area contributed by atoms with Gasteiger partial charge in [-0.05, 0) is 53.2 Å². The molecule has 0 unspecified atom stereocenters. The summed E-state index contributed by atoms with van der Waals surface area (Å²) in [6.07, 6.45) is 0. The number of nitrogens with two attached hydrogens (primary N) is 1. The minimum Gasteiger partial charge on any atom is -0.495 e. The molecule has 2 aromatic carbocycles. The van der Waals surface area contributed by atoms with Crippen molar-refractivity contribution < 1.29 is 9.53 Å². The van der Waals surface area contributed by atoms with Gasteiger partial charge in [0.2, 0.25) is 0 Å². The zero-order valence-electron chi connectivity index (χ0n) is 12.7. The highest BCUT2D eigenvalue weighted by molar-refractivity contribution is 9.10.